The van der Waals surface area contributed by atoms with E-state index in [2.05, 4.69) is 5.10 Å². The van der Waals surface area contributed by atoms with Gasteiger partial charge in [0.1, 0.15) is 6.61 Å². The van der Waals surface area contributed by atoms with Gasteiger partial charge in [0, 0.05) is 0 Å². The lowest BCUT2D eigenvalue weighted by molar-refractivity contribution is 0.100. The van der Waals surface area contributed by atoms with Crippen molar-refractivity contribution in [2.45, 2.75) is 13.8 Å². The predicted octanol–water partition coefficient (Wildman–Crippen LogP) is 0.998. The first-order valence-electron chi connectivity index (χ1n) is 6.59. The summed E-state index contributed by atoms with van der Waals surface area (Å²) in [6.07, 6.45) is 2.53. The summed E-state index contributed by atoms with van der Waals surface area (Å²) in [5.41, 5.74) is 12.6. The lowest BCUT2D eigenvalue weighted by Crippen LogP contribution is -2.22. The van der Waals surface area contributed by atoms with Crippen molar-refractivity contribution in [1.82, 2.24) is 9.61 Å². The Morgan fingerprint density at radius 3 is 2.71 bits per heavy atom. The number of cyclic esters (lactones) is 1. The van der Waals surface area contributed by atoms with Gasteiger partial charge in [-0.3, -0.25) is 9.69 Å². The Morgan fingerprint density at radius 1 is 1.43 bits per heavy atom. The molecule has 0 saturated carbocycles. The number of aromatic nitrogens is 2. The molecule has 112 valence electrons. The number of carbonyl (C=O) groups excluding carboxylic acids is 2. The summed E-state index contributed by atoms with van der Waals surface area (Å²) >= 11 is 0. The summed E-state index contributed by atoms with van der Waals surface area (Å²) in [5.74, 6) is -0.643. The van der Waals surface area contributed by atoms with Crippen molar-refractivity contribution in [2.75, 3.05) is 23.8 Å². The van der Waals surface area contributed by atoms with Crippen LogP contribution in [0.1, 0.15) is 24.2 Å². The van der Waals surface area contributed by atoms with Crippen molar-refractivity contribution in [2.24, 2.45) is 5.73 Å². The largest absolute Gasteiger partial charge is 0.447 e. The molecule has 0 atom stereocenters. The molecule has 21 heavy (non-hydrogen) atoms. The van der Waals surface area contributed by atoms with Crippen molar-refractivity contribution in [3.8, 4) is 0 Å². The molecule has 1 aliphatic rings. The van der Waals surface area contributed by atoms with Crippen LogP contribution in [-0.4, -0.2) is 34.8 Å². The number of nitrogen functional groups attached to an aromatic ring is 1. The Hall–Kier alpha value is -2.77. The van der Waals surface area contributed by atoms with Gasteiger partial charge in [0.25, 0.3) is 5.91 Å². The minimum Gasteiger partial charge on any atom is -0.447 e. The fraction of sp³-hybridized carbons (Fsp3) is 0.308. The zero-order chi connectivity index (χ0) is 15.6. The monoisotopic (exact) mass is 291 g/mol. The average molecular weight is 291 g/mol. The zero-order valence-electron chi connectivity index (χ0n) is 11.9. The highest BCUT2D eigenvalue weighted by Gasteiger charge is 2.25. The molecule has 0 bridgehead atoms. The number of hydrogen-bond donors (Lipinski definition) is 2. The van der Waals surface area contributed by atoms with E-state index in [1.807, 2.05) is 13.8 Å². The van der Waals surface area contributed by atoms with E-state index < -0.39 is 12.0 Å². The summed E-state index contributed by atoms with van der Waals surface area (Å²) in [5, 5.41) is 4.04. The van der Waals surface area contributed by atoms with Gasteiger partial charge < -0.3 is 16.2 Å². The molecule has 0 radical (unpaired) electrons. The number of amides is 2. The van der Waals surface area contributed by atoms with Gasteiger partial charge in [-0.2, -0.15) is 5.10 Å². The molecule has 2 aromatic heterocycles. The maximum Gasteiger partial charge on any atom is 0.414 e. The number of anilines is 2. The van der Waals surface area contributed by atoms with Crippen LogP contribution in [0.3, 0.4) is 0 Å². The molecular formula is C13H17N5O3. The maximum absolute atomic E-state index is 11.5. The van der Waals surface area contributed by atoms with Crippen LogP contribution in [0.25, 0.3) is 5.52 Å². The Morgan fingerprint density at radius 2 is 2.14 bits per heavy atom. The van der Waals surface area contributed by atoms with Crippen LogP contribution < -0.4 is 16.4 Å². The molecule has 0 unspecified atom stereocenters. The predicted molar refractivity (Wildman–Crippen MR) is 78.2 cm³/mol. The van der Waals surface area contributed by atoms with Gasteiger partial charge in [-0.1, -0.05) is 13.8 Å². The molecular weight excluding hydrogens is 274 g/mol. The van der Waals surface area contributed by atoms with Crippen molar-refractivity contribution in [3.05, 3.63) is 24.0 Å². The van der Waals surface area contributed by atoms with Crippen LogP contribution in [0.15, 0.2) is 18.5 Å². The molecule has 1 fully saturated rings. The van der Waals surface area contributed by atoms with Gasteiger partial charge in [0.05, 0.1) is 41.4 Å². The number of carbonyl (C=O) groups is 2. The van der Waals surface area contributed by atoms with Crippen LogP contribution >= 0.6 is 0 Å². The van der Waals surface area contributed by atoms with Crippen LogP contribution in [0.4, 0.5) is 16.2 Å². The minimum absolute atomic E-state index is 0.154. The SMILES string of the molecule is CC.NC(=O)c1cnn2cc(N3CCOC3=O)cc2c1N. The Bertz CT molecular complexity index is 694. The molecule has 8 heteroatoms. The van der Waals surface area contributed by atoms with Crippen LogP contribution in [0.2, 0.25) is 0 Å². The molecule has 3 rings (SSSR count). The van der Waals surface area contributed by atoms with Gasteiger partial charge in [-0.05, 0) is 6.07 Å². The lowest BCUT2D eigenvalue weighted by atomic mass is 10.2. The first kappa shape index (κ1) is 14.6. The third kappa shape index (κ3) is 2.47. The minimum atomic E-state index is -0.643. The summed E-state index contributed by atoms with van der Waals surface area (Å²) in [6.45, 7) is 4.82. The molecule has 0 aliphatic carbocycles. The van der Waals surface area contributed by atoms with E-state index in [1.54, 1.807) is 12.3 Å². The topological polar surface area (TPSA) is 116 Å². The van der Waals surface area contributed by atoms with Crippen LogP contribution in [-0.2, 0) is 4.74 Å². The number of ether oxygens (including phenoxy) is 1. The third-order valence-electron chi connectivity index (χ3n) is 3.00. The number of hydrogen-bond acceptors (Lipinski definition) is 5. The molecule has 4 N–H and O–H groups in total. The molecule has 2 aromatic rings. The van der Waals surface area contributed by atoms with Crippen molar-refractivity contribution in [3.63, 3.8) is 0 Å². The van der Waals surface area contributed by atoms with E-state index in [1.165, 1.54) is 15.6 Å². The van der Waals surface area contributed by atoms with E-state index in [0.717, 1.165) is 0 Å². The highest BCUT2D eigenvalue weighted by molar-refractivity contribution is 6.01. The third-order valence-corrected chi connectivity index (χ3v) is 3.00. The van der Waals surface area contributed by atoms with Crippen molar-refractivity contribution >= 4 is 28.9 Å². The number of nitrogens with zero attached hydrogens (tertiary/aromatic N) is 3. The van der Waals surface area contributed by atoms with Crippen molar-refractivity contribution in [1.29, 1.82) is 0 Å². The lowest BCUT2D eigenvalue weighted by Gasteiger charge is -2.08. The normalized spacial score (nSPS) is 13.8. The Balaban J connectivity index is 0.000000774. The smallest absolute Gasteiger partial charge is 0.414 e. The Kier molecular flexibility index (Phi) is 3.97. The molecule has 2 amide bonds. The number of nitrogens with two attached hydrogens (primary N) is 2. The second-order valence-corrected chi connectivity index (χ2v) is 4.13. The highest BCUT2D eigenvalue weighted by Crippen LogP contribution is 2.26. The first-order valence-corrected chi connectivity index (χ1v) is 6.59. The maximum atomic E-state index is 11.5. The zero-order valence-corrected chi connectivity index (χ0v) is 11.9. The van der Waals surface area contributed by atoms with Crippen molar-refractivity contribution < 1.29 is 14.3 Å². The molecule has 0 spiro atoms. The second-order valence-electron chi connectivity index (χ2n) is 4.13. The molecule has 8 nitrogen and oxygen atoms in total. The fourth-order valence-electron chi connectivity index (χ4n) is 2.03. The van der Waals surface area contributed by atoms with Gasteiger partial charge in [-0.25, -0.2) is 9.31 Å². The van der Waals surface area contributed by atoms with E-state index in [4.69, 9.17) is 16.2 Å². The van der Waals surface area contributed by atoms with Crippen LogP contribution in [0.5, 0.6) is 0 Å². The van der Waals surface area contributed by atoms with E-state index in [0.29, 0.717) is 24.4 Å². The van der Waals surface area contributed by atoms with Gasteiger partial charge in [0.15, 0.2) is 0 Å². The molecule has 1 aliphatic heterocycles. The molecule has 1 saturated heterocycles. The molecule has 0 aromatic carbocycles. The average Bonchev–Trinajstić information content (AvgIpc) is 3.07. The Labute approximate surface area is 121 Å². The van der Waals surface area contributed by atoms with Crippen LogP contribution in [0, 0.1) is 0 Å². The second kappa shape index (κ2) is 5.70. The summed E-state index contributed by atoms with van der Waals surface area (Å²) in [4.78, 5) is 24.1. The first-order chi connectivity index (χ1) is 10.1. The summed E-state index contributed by atoms with van der Waals surface area (Å²) < 4.78 is 6.35. The van der Waals surface area contributed by atoms with E-state index in [9.17, 15) is 9.59 Å². The quantitative estimate of drug-likeness (QED) is 0.856. The summed E-state index contributed by atoms with van der Waals surface area (Å²) in [7, 11) is 0. The summed E-state index contributed by atoms with van der Waals surface area (Å²) in [6, 6.07) is 1.67. The number of primary amides is 1. The highest BCUT2D eigenvalue weighted by atomic mass is 16.6. The van der Waals surface area contributed by atoms with E-state index in [-0.39, 0.29) is 11.3 Å². The standard InChI is InChI=1S/C11H11N5O3.C2H6/c12-9-7(10(13)17)4-14-16-5-6(3-8(9)16)15-1-2-19-11(15)18;1-2/h3-5H,1-2,12H2,(H2,13,17);1-2H3. The van der Waals surface area contributed by atoms with Gasteiger partial charge in [-0.15, -0.1) is 0 Å². The molecule has 3 heterocycles. The number of rotatable bonds is 2. The number of fused-ring (bicyclic) bond motifs is 1. The van der Waals surface area contributed by atoms with Gasteiger partial charge in [0.2, 0.25) is 0 Å². The van der Waals surface area contributed by atoms with Gasteiger partial charge >= 0.3 is 6.09 Å². The van der Waals surface area contributed by atoms with E-state index >= 15 is 0 Å². The fourth-order valence-corrected chi connectivity index (χ4v) is 2.03.